The van der Waals surface area contributed by atoms with Crippen molar-refractivity contribution in [3.8, 4) is 6.07 Å². The van der Waals surface area contributed by atoms with Gasteiger partial charge in [0.05, 0.1) is 16.7 Å². The van der Waals surface area contributed by atoms with E-state index < -0.39 is 0 Å². The van der Waals surface area contributed by atoms with Crippen LogP contribution in [-0.2, 0) is 0 Å². The maximum Gasteiger partial charge on any atom is 0.0992 e. The second-order valence-corrected chi connectivity index (χ2v) is 5.69. The number of hydrogen-bond acceptors (Lipinski definition) is 2. The Morgan fingerprint density at radius 3 is 2.81 bits per heavy atom. The molecule has 0 saturated heterocycles. The number of nitriles is 1. The Morgan fingerprint density at radius 1 is 1.38 bits per heavy atom. The summed E-state index contributed by atoms with van der Waals surface area (Å²) in [5.41, 5.74) is 0.693. The van der Waals surface area contributed by atoms with Crippen LogP contribution in [0, 0.1) is 17.2 Å². The first-order valence-electron chi connectivity index (χ1n) is 5.62. The fraction of sp³-hybridized carbons (Fsp3) is 0.462. The quantitative estimate of drug-likeness (QED) is 0.739. The summed E-state index contributed by atoms with van der Waals surface area (Å²) in [6.07, 6.45) is 5.44. The molecule has 1 aromatic carbocycles. The fourth-order valence-corrected chi connectivity index (χ4v) is 3.51. The Labute approximate surface area is 106 Å². The molecule has 0 aliphatic heterocycles. The minimum absolute atomic E-state index is 0.693. The highest BCUT2D eigenvalue weighted by Crippen LogP contribution is 2.34. The van der Waals surface area contributed by atoms with Gasteiger partial charge in [-0.1, -0.05) is 24.4 Å². The Hall–Kier alpha value is -0.650. The normalized spacial score (nSPS) is 16.2. The summed E-state index contributed by atoms with van der Waals surface area (Å²) >= 11 is 7.90. The summed E-state index contributed by atoms with van der Waals surface area (Å²) < 4.78 is 0. The van der Waals surface area contributed by atoms with E-state index in [-0.39, 0.29) is 0 Å². The molecule has 0 N–H and O–H groups in total. The molecule has 0 radical (unpaired) electrons. The summed E-state index contributed by atoms with van der Waals surface area (Å²) in [6.45, 7) is 0. The van der Waals surface area contributed by atoms with Gasteiger partial charge in [-0.05, 0) is 37.0 Å². The number of nitrogens with zero attached hydrogens (tertiary/aromatic N) is 1. The first kappa shape index (κ1) is 11.8. The monoisotopic (exact) mass is 251 g/mol. The van der Waals surface area contributed by atoms with E-state index >= 15 is 0 Å². The predicted octanol–water partition coefficient (Wildman–Crippen LogP) is 4.49. The molecule has 0 bridgehead atoms. The van der Waals surface area contributed by atoms with Gasteiger partial charge in [-0.3, -0.25) is 0 Å². The molecule has 3 heteroatoms. The molecular formula is C13H14ClNS. The molecule has 0 atom stereocenters. The van der Waals surface area contributed by atoms with Crippen LogP contribution in [0.25, 0.3) is 0 Å². The van der Waals surface area contributed by atoms with Gasteiger partial charge in [0.25, 0.3) is 0 Å². The van der Waals surface area contributed by atoms with Crippen LogP contribution in [0.5, 0.6) is 0 Å². The Balaban J connectivity index is 2.00. The topological polar surface area (TPSA) is 23.8 Å². The highest BCUT2D eigenvalue weighted by Gasteiger charge is 2.15. The standard InChI is InChI=1S/C13H14ClNS/c14-12-6-5-11(8-15)7-13(12)16-9-10-3-1-2-4-10/h5-7,10H,1-4,9H2. The van der Waals surface area contributed by atoms with Gasteiger partial charge in [0.2, 0.25) is 0 Å². The third-order valence-electron chi connectivity index (χ3n) is 3.01. The molecule has 1 fully saturated rings. The minimum Gasteiger partial charge on any atom is -0.192 e. The molecule has 0 aromatic heterocycles. The lowest BCUT2D eigenvalue weighted by atomic mass is 10.1. The largest absolute Gasteiger partial charge is 0.192 e. The summed E-state index contributed by atoms with van der Waals surface area (Å²) in [5, 5.41) is 9.60. The Bertz CT molecular complexity index is 405. The molecule has 1 aliphatic rings. The third kappa shape index (κ3) is 2.93. The minimum atomic E-state index is 0.693. The highest BCUT2D eigenvalue weighted by atomic mass is 35.5. The zero-order valence-electron chi connectivity index (χ0n) is 9.08. The summed E-state index contributed by atoms with van der Waals surface area (Å²) in [7, 11) is 0. The maximum atomic E-state index is 8.83. The molecule has 1 aliphatic carbocycles. The molecule has 2 rings (SSSR count). The zero-order valence-corrected chi connectivity index (χ0v) is 10.7. The third-order valence-corrected chi connectivity index (χ3v) is 4.74. The maximum absolute atomic E-state index is 8.83. The van der Waals surface area contributed by atoms with Gasteiger partial charge in [0.1, 0.15) is 0 Å². The Morgan fingerprint density at radius 2 is 2.12 bits per heavy atom. The van der Waals surface area contributed by atoms with E-state index in [2.05, 4.69) is 6.07 Å². The first-order chi connectivity index (χ1) is 7.79. The molecule has 1 nitrogen and oxygen atoms in total. The molecular weight excluding hydrogens is 238 g/mol. The number of halogens is 1. The Kier molecular flexibility index (Phi) is 4.15. The average Bonchev–Trinajstić information content (AvgIpc) is 2.81. The SMILES string of the molecule is N#Cc1ccc(Cl)c(SCC2CCCC2)c1. The second-order valence-electron chi connectivity index (χ2n) is 4.22. The van der Waals surface area contributed by atoms with Crippen molar-refractivity contribution >= 4 is 23.4 Å². The number of rotatable bonds is 3. The van der Waals surface area contributed by atoms with E-state index in [0.717, 1.165) is 21.6 Å². The van der Waals surface area contributed by atoms with Crippen LogP contribution < -0.4 is 0 Å². The van der Waals surface area contributed by atoms with Gasteiger partial charge < -0.3 is 0 Å². The van der Waals surface area contributed by atoms with E-state index in [1.165, 1.54) is 25.7 Å². The van der Waals surface area contributed by atoms with Gasteiger partial charge in [-0.25, -0.2) is 0 Å². The van der Waals surface area contributed by atoms with Crippen LogP contribution >= 0.6 is 23.4 Å². The number of hydrogen-bond donors (Lipinski definition) is 0. The summed E-state index contributed by atoms with van der Waals surface area (Å²) in [4.78, 5) is 1.05. The number of thioether (sulfide) groups is 1. The lowest BCUT2D eigenvalue weighted by Crippen LogP contribution is -1.96. The molecule has 1 saturated carbocycles. The summed E-state index contributed by atoms with van der Waals surface area (Å²) in [5.74, 6) is 1.97. The van der Waals surface area contributed by atoms with E-state index in [1.807, 2.05) is 12.1 Å². The van der Waals surface area contributed by atoms with Crippen molar-refractivity contribution in [3.05, 3.63) is 28.8 Å². The second kappa shape index (κ2) is 5.61. The van der Waals surface area contributed by atoms with Crippen molar-refractivity contribution in [2.24, 2.45) is 5.92 Å². The van der Waals surface area contributed by atoms with Gasteiger partial charge >= 0.3 is 0 Å². The molecule has 84 valence electrons. The average molecular weight is 252 g/mol. The first-order valence-corrected chi connectivity index (χ1v) is 6.98. The zero-order chi connectivity index (χ0) is 11.4. The van der Waals surface area contributed by atoms with Crippen LogP contribution in [0.15, 0.2) is 23.1 Å². The van der Waals surface area contributed by atoms with Gasteiger partial charge in [0, 0.05) is 10.6 Å². The van der Waals surface area contributed by atoms with Crippen molar-refractivity contribution in [2.45, 2.75) is 30.6 Å². The fourth-order valence-electron chi connectivity index (χ4n) is 2.07. The van der Waals surface area contributed by atoms with E-state index in [1.54, 1.807) is 17.8 Å². The van der Waals surface area contributed by atoms with Crippen molar-refractivity contribution < 1.29 is 0 Å². The van der Waals surface area contributed by atoms with Crippen molar-refractivity contribution in [2.75, 3.05) is 5.75 Å². The molecule has 0 unspecified atom stereocenters. The smallest absolute Gasteiger partial charge is 0.0992 e. The van der Waals surface area contributed by atoms with Crippen LogP contribution in [0.2, 0.25) is 5.02 Å². The van der Waals surface area contributed by atoms with Crippen molar-refractivity contribution in [3.63, 3.8) is 0 Å². The van der Waals surface area contributed by atoms with Crippen LogP contribution in [0.1, 0.15) is 31.2 Å². The lowest BCUT2D eigenvalue weighted by molar-refractivity contribution is 0.623. The lowest BCUT2D eigenvalue weighted by Gasteiger charge is -2.09. The molecule has 16 heavy (non-hydrogen) atoms. The molecule has 0 spiro atoms. The van der Waals surface area contributed by atoms with E-state index in [4.69, 9.17) is 16.9 Å². The van der Waals surface area contributed by atoms with Crippen LogP contribution in [-0.4, -0.2) is 5.75 Å². The predicted molar refractivity (Wildman–Crippen MR) is 68.8 cm³/mol. The molecule has 0 amide bonds. The van der Waals surface area contributed by atoms with Gasteiger partial charge in [-0.15, -0.1) is 11.8 Å². The number of benzene rings is 1. The summed E-state index contributed by atoms with van der Waals surface area (Å²) in [6, 6.07) is 7.62. The van der Waals surface area contributed by atoms with Gasteiger partial charge in [-0.2, -0.15) is 5.26 Å². The van der Waals surface area contributed by atoms with Crippen molar-refractivity contribution in [1.82, 2.24) is 0 Å². The van der Waals surface area contributed by atoms with E-state index in [0.29, 0.717) is 5.56 Å². The molecule has 0 heterocycles. The van der Waals surface area contributed by atoms with Crippen molar-refractivity contribution in [1.29, 1.82) is 5.26 Å². The molecule has 1 aromatic rings. The van der Waals surface area contributed by atoms with E-state index in [9.17, 15) is 0 Å². The van der Waals surface area contributed by atoms with Gasteiger partial charge in [0.15, 0.2) is 0 Å². The van der Waals surface area contributed by atoms with Crippen LogP contribution in [0.4, 0.5) is 0 Å². The van der Waals surface area contributed by atoms with Crippen LogP contribution in [0.3, 0.4) is 0 Å². The highest BCUT2D eigenvalue weighted by molar-refractivity contribution is 7.99.